The Morgan fingerprint density at radius 3 is 1.55 bits per heavy atom. The first-order chi connectivity index (χ1) is 19.7. The highest BCUT2D eigenvalue weighted by molar-refractivity contribution is 7.99. The molecule has 0 radical (unpaired) electrons. The topological polar surface area (TPSA) is 52.6 Å². The van der Waals surface area contributed by atoms with Crippen molar-refractivity contribution >= 4 is 36.0 Å². The summed E-state index contributed by atoms with van der Waals surface area (Å²) in [5, 5.41) is 0. The molecule has 0 fully saturated rings. The molecule has 0 aliphatic rings. The third kappa shape index (κ3) is 17.7. The zero-order chi connectivity index (χ0) is 28.5. The molecule has 0 aliphatic heterocycles. The number of thioether (sulfide) groups is 1. The summed E-state index contributed by atoms with van der Waals surface area (Å²) in [6.45, 7) is 2.70. The number of carbonyl (C=O) groups is 2. The van der Waals surface area contributed by atoms with E-state index in [1.165, 1.54) is 103 Å². The molecule has 0 N–H and O–H groups in total. The van der Waals surface area contributed by atoms with Crippen LogP contribution in [0, 0.1) is 0 Å². The molecule has 0 aromatic heterocycles. The molecule has 0 aliphatic carbocycles. The van der Waals surface area contributed by atoms with E-state index in [0.29, 0.717) is 24.4 Å². The number of ether oxygens (including phenoxy) is 2. The van der Waals surface area contributed by atoms with Crippen LogP contribution in [0.25, 0.3) is 0 Å². The Kier molecular flexibility index (Phi) is 20.4. The van der Waals surface area contributed by atoms with Crippen LogP contribution in [-0.2, 0) is 9.59 Å². The van der Waals surface area contributed by atoms with Crippen LogP contribution in [-0.4, -0.2) is 23.9 Å². The molecule has 0 heterocycles. The van der Waals surface area contributed by atoms with E-state index in [1.54, 1.807) is 23.9 Å². The van der Waals surface area contributed by atoms with Crippen LogP contribution in [0.3, 0.4) is 0 Å². The van der Waals surface area contributed by atoms with Gasteiger partial charge in [0, 0.05) is 15.5 Å². The van der Waals surface area contributed by atoms with Crippen molar-refractivity contribution in [2.24, 2.45) is 0 Å². The molecular weight excluding hydrogens is 537 g/mol. The molecule has 40 heavy (non-hydrogen) atoms. The molecule has 4 nitrogen and oxygen atoms in total. The Bertz CT molecular complexity index is 899. The second-order valence-electron chi connectivity index (χ2n) is 10.4. The summed E-state index contributed by atoms with van der Waals surface area (Å²) in [6.07, 6.45) is 22.7. The van der Waals surface area contributed by atoms with Gasteiger partial charge in [0.2, 0.25) is 0 Å². The average Bonchev–Trinajstić information content (AvgIpc) is 2.96. The van der Waals surface area contributed by atoms with E-state index in [-0.39, 0.29) is 5.97 Å². The first-order valence-corrected chi connectivity index (χ1v) is 17.4. The minimum absolute atomic E-state index is 0.175. The number of rotatable bonds is 25. The Labute approximate surface area is 251 Å². The van der Waals surface area contributed by atoms with Gasteiger partial charge >= 0.3 is 5.97 Å². The van der Waals surface area contributed by atoms with Crippen molar-refractivity contribution in [3.63, 3.8) is 0 Å². The molecule has 2 aromatic rings. The number of esters is 1. The van der Waals surface area contributed by atoms with Crippen molar-refractivity contribution in [3.8, 4) is 11.5 Å². The summed E-state index contributed by atoms with van der Waals surface area (Å²) in [5.41, 5.74) is 0. The Hall–Kier alpha value is -1.92. The van der Waals surface area contributed by atoms with Gasteiger partial charge in [-0.2, -0.15) is 11.8 Å². The second-order valence-corrected chi connectivity index (χ2v) is 12.8. The first kappa shape index (κ1) is 34.3. The van der Waals surface area contributed by atoms with Crippen LogP contribution in [0.4, 0.5) is 0 Å². The van der Waals surface area contributed by atoms with Gasteiger partial charge in [0.15, 0.2) is 0 Å². The highest BCUT2D eigenvalue weighted by Gasteiger charge is 2.06. The monoisotopic (exact) mass is 586 g/mol. The van der Waals surface area contributed by atoms with Gasteiger partial charge in [0.1, 0.15) is 11.5 Å². The molecule has 0 spiro atoms. The van der Waals surface area contributed by atoms with E-state index in [0.717, 1.165) is 21.3 Å². The van der Waals surface area contributed by atoms with Crippen molar-refractivity contribution in [1.82, 2.24) is 0 Å². The van der Waals surface area contributed by atoms with Gasteiger partial charge in [-0.25, -0.2) is 0 Å². The highest BCUT2D eigenvalue weighted by Crippen LogP contribution is 2.30. The fourth-order valence-corrected chi connectivity index (χ4v) is 6.29. The summed E-state index contributed by atoms with van der Waals surface area (Å²) < 4.78 is 10.3. The SMILES string of the molecule is CCCCCCCCCCCCCCCCCCSCCC(=O)Oc1ccc(Sc2ccc(OC=O)cc2)cc1. The van der Waals surface area contributed by atoms with Crippen molar-refractivity contribution in [3.05, 3.63) is 48.5 Å². The molecule has 222 valence electrons. The van der Waals surface area contributed by atoms with E-state index in [9.17, 15) is 9.59 Å². The Balaban J connectivity index is 1.38. The van der Waals surface area contributed by atoms with E-state index in [2.05, 4.69) is 6.92 Å². The maximum Gasteiger partial charge on any atom is 0.312 e. The number of unbranched alkanes of at least 4 members (excludes halogenated alkanes) is 15. The highest BCUT2D eigenvalue weighted by atomic mass is 32.2. The van der Waals surface area contributed by atoms with Crippen LogP contribution in [0.1, 0.15) is 116 Å². The standard InChI is InChI=1S/C34H50O4S2/c1-2-3-4-5-6-7-8-9-10-11-12-13-14-15-16-17-27-39-28-26-34(36)38-31-20-24-33(25-21-31)40-32-22-18-30(19-23-32)37-29-35/h18-25,29H,2-17,26-28H2,1H3. The van der Waals surface area contributed by atoms with Crippen molar-refractivity contribution in [2.75, 3.05) is 11.5 Å². The molecule has 0 amide bonds. The molecule has 0 saturated carbocycles. The summed E-state index contributed by atoms with van der Waals surface area (Å²) in [4.78, 5) is 24.6. The molecule has 2 aromatic carbocycles. The van der Waals surface area contributed by atoms with Gasteiger partial charge in [0.05, 0.1) is 6.42 Å². The minimum Gasteiger partial charge on any atom is -0.429 e. The molecule has 6 heteroatoms. The average molecular weight is 587 g/mol. The van der Waals surface area contributed by atoms with Crippen molar-refractivity contribution < 1.29 is 19.1 Å². The van der Waals surface area contributed by atoms with E-state index >= 15 is 0 Å². The molecular formula is C34H50O4S2. The lowest BCUT2D eigenvalue weighted by atomic mass is 10.0. The smallest absolute Gasteiger partial charge is 0.312 e. The number of hydrogen-bond donors (Lipinski definition) is 0. The number of benzene rings is 2. The molecule has 0 bridgehead atoms. The molecule has 2 rings (SSSR count). The zero-order valence-electron chi connectivity index (χ0n) is 24.6. The first-order valence-electron chi connectivity index (χ1n) is 15.5. The lowest BCUT2D eigenvalue weighted by Gasteiger charge is -2.07. The van der Waals surface area contributed by atoms with E-state index in [4.69, 9.17) is 9.47 Å². The van der Waals surface area contributed by atoms with Crippen molar-refractivity contribution in [2.45, 2.75) is 126 Å². The van der Waals surface area contributed by atoms with Crippen LogP contribution < -0.4 is 9.47 Å². The van der Waals surface area contributed by atoms with Crippen LogP contribution in [0.2, 0.25) is 0 Å². The predicted octanol–water partition coefficient (Wildman–Crippen LogP) is 10.7. The van der Waals surface area contributed by atoms with Gasteiger partial charge in [0.25, 0.3) is 6.47 Å². The van der Waals surface area contributed by atoms with Gasteiger partial charge < -0.3 is 9.47 Å². The molecule has 0 saturated heterocycles. The Morgan fingerprint density at radius 2 is 1.07 bits per heavy atom. The van der Waals surface area contributed by atoms with Gasteiger partial charge in [-0.15, -0.1) is 0 Å². The third-order valence-electron chi connectivity index (χ3n) is 6.89. The molecule has 0 atom stereocenters. The predicted molar refractivity (Wildman–Crippen MR) is 171 cm³/mol. The maximum atomic E-state index is 12.2. The number of carbonyl (C=O) groups excluding carboxylic acids is 2. The summed E-state index contributed by atoms with van der Waals surface area (Å²) in [7, 11) is 0. The van der Waals surface area contributed by atoms with Gasteiger partial charge in [-0.05, 0) is 60.7 Å². The zero-order valence-corrected chi connectivity index (χ0v) is 26.2. The van der Waals surface area contributed by atoms with E-state index in [1.807, 2.05) is 48.2 Å². The second kappa shape index (κ2) is 23.8. The fraction of sp³-hybridized carbons (Fsp3) is 0.588. The quantitative estimate of drug-likeness (QED) is 0.0499. The van der Waals surface area contributed by atoms with Crippen LogP contribution in [0.15, 0.2) is 58.3 Å². The lowest BCUT2D eigenvalue weighted by molar-refractivity contribution is -0.133. The Morgan fingerprint density at radius 1 is 0.625 bits per heavy atom. The van der Waals surface area contributed by atoms with Crippen LogP contribution >= 0.6 is 23.5 Å². The summed E-state index contributed by atoms with van der Waals surface area (Å²) in [5.74, 6) is 2.86. The van der Waals surface area contributed by atoms with Gasteiger partial charge in [-0.3, -0.25) is 9.59 Å². The van der Waals surface area contributed by atoms with Crippen molar-refractivity contribution in [1.29, 1.82) is 0 Å². The summed E-state index contributed by atoms with van der Waals surface area (Å²) >= 11 is 3.44. The minimum atomic E-state index is -0.175. The van der Waals surface area contributed by atoms with Gasteiger partial charge in [-0.1, -0.05) is 115 Å². The van der Waals surface area contributed by atoms with Crippen LogP contribution in [0.5, 0.6) is 11.5 Å². The lowest BCUT2D eigenvalue weighted by Crippen LogP contribution is -2.08. The summed E-state index contributed by atoms with van der Waals surface area (Å²) in [6, 6.07) is 14.8. The fourth-order valence-electron chi connectivity index (χ4n) is 4.55. The largest absolute Gasteiger partial charge is 0.429 e. The number of hydrogen-bond acceptors (Lipinski definition) is 6. The molecule has 0 unspecified atom stereocenters. The maximum absolute atomic E-state index is 12.2. The van der Waals surface area contributed by atoms with E-state index < -0.39 is 0 Å². The normalized spacial score (nSPS) is 10.9. The third-order valence-corrected chi connectivity index (χ3v) is 8.98.